The summed E-state index contributed by atoms with van der Waals surface area (Å²) in [6, 6.07) is -0.366. The first-order chi connectivity index (χ1) is 13.8. The maximum atomic E-state index is 12.8. The van der Waals surface area contributed by atoms with Crippen LogP contribution in [0.3, 0.4) is 0 Å². The molecule has 15 nitrogen and oxygen atoms in total. The van der Waals surface area contributed by atoms with Crippen molar-refractivity contribution in [2.45, 2.75) is 18.1 Å². The molecule has 1 rings (SSSR count). The molecular weight excluding hydrogens is 456 g/mol. The van der Waals surface area contributed by atoms with Gasteiger partial charge >= 0.3 is 5.97 Å². The number of ether oxygens (including phenoxy) is 1. The van der Waals surface area contributed by atoms with E-state index in [2.05, 4.69) is 46.0 Å². The number of azide groups is 3. The fourth-order valence-electron chi connectivity index (χ4n) is 2.26. The van der Waals surface area contributed by atoms with Crippen molar-refractivity contribution in [1.82, 2.24) is 4.57 Å². The molecule has 154 valence electrons. The standard InChI is InChI=1S/C13H15BrN10O5/c14-8-3-11(27)24(4-10(8)26)9(1-2-25)12(28)29-13(5-18-21-15,6-19-22-16)7-20-23-17/h3-4,9,25-26H,1-2,5-7H2. The minimum Gasteiger partial charge on any atom is -0.505 e. The number of aliphatic hydroxyl groups excluding tert-OH is 1. The second-order valence-corrected chi connectivity index (χ2v) is 6.41. The largest absolute Gasteiger partial charge is 0.505 e. The van der Waals surface area contributed by atoms with E-state index in [0.29, 0.717) is 0 Å². The molecular formula is C13H15BrN10O5. The fraction of sp³-hybridized carbons (Fsp3) is 0.538. The van der Waals surface area contributed by atoms with Crippen LogP contribution in [-0.2, 0) is 9.53 Å². The van der Waals surface area contributed by atoms with E-state index >= 15 is 0 Å². The van der Waals surface area contributed by atoms with Gasteiger partial charge in [-0.2, -0.15) is 0 Å². The molecule has 1 atom stereocenters. The molecule has 0 radical (unpaired) electrons. The summed E-state index contributed by atoms with van der Waals surface area (Å²) in [7, 11) is 0. The number of aromatic nitrogens is 1. The molecule has 0 amide bonds. The average molecular weight is 471 g/mol. The van der Waals surface area contributed by atoms with Gasteiger partial charge in [-0.3, -0.25) is 9.36 Å². The zero-order valence-electron chi connectivity index (χ0n) is 14.7. The van der Waals surface area contributed by atoms with Gasteiger partial charge in [-0.1, -0.05) is 15.3 Å². The molecule has 0 saturated carbocycles. The van der Waals surface area contributed by atoms with Gasteiger partial charge in [0.15, 0.2) is 0 Å². The number of pyridine rings is 1. The summed E-state index contributed by atoms with van der Waals surface area (Å²) >= 11 is 2.97. The predicted molar refractivity (Wildman–Crippen MR) is 102 cm³/mol. The van der Waals surface area contributed by atoms with Crippen LogP contribution in [0, 0.1) is 0 Å². The van der Waals surface area contributed by atoms with Crippen molar-refractivity contribution >= 4 is 21.9 Å². The zero-order valence-corrected chi connectivity index (χ0v) is 16.3. The van der Waals surface area contributed by atoms with Gasteiger partial charge in [0.1, 0.15) is 17.4 Å². The smallest absolute Gasteiger partial charge is 0.329 e. The minimum atomic E-state index is -1.81. The lowest BCUT2D eigenvalue weighted by Gasteiger charge is -2.31. The highest BCUT2D eigenvalue weighted by molar-refractivity contribution is 9.10. The van der Waals surface area contributed by atoms with Gasteiger partial charge in [-0.05, 0) is 32.5 Å². The number of rotatable bonds is 11. The van der Waals surface area contributed by atoms with Gasteiger partial charge in [0.05, 0.1) is 30.3 Å². The Balaban J connectivity index is 3.39. The maximum Gasteiger partial charge on any atom is 0.329 e. The Labute approximate surface area is 170 Å². The van der Waals surface area contributed by atoms with Crippen LogP contribution >= 0.6 is 15.9 Å². The highest BCUT2D eigenvalue weighted by Gasteiger charge is 2.36. The molecule has 2 N–H and O–H groups in total. The molecule has 0 aliphatic rings. The summed E-state index contributed by atoms with van der Waals surface area (Å²) in [6.45, 7) is -2.10. The van der Waals surface area contributed by atoms with Crippen molar-refractivity contribution in [2.24, 2.45) is 15.3 Å². The maximum absolute atomic E-state index is 12.8. The lowest BCUT2D eigenvalue weighted by Crippen LogP contribution is -2.46. The Morgan fingerprint density at radius 1 is 1.21 bits per heavy atom. The Morgan fingerprint density at radius 2 is 1.72 bits per heavy atom. The molecule has 29 heavy (non-hydrogen) atoms. The number of aliphatic hydroxyl groups is 1. The molecule has 0 spiro atoms. The van der Waals surface area contributed by atoms with Crippen molar-refractivity contribution in [3.8, 4) is 5.75 Å². The molecule has 0 fully saturated rings. The van der Waals surface area contributed by atoms with Crippen molar-refractivity contribution in [3.05, 3.63) is 58.4 Å². The van der Waals surface area contributed by atoms with Crippen LogP contribution in [0.4, 0.5) is 0 Å². The van der Waals surface area contributed by atoms with Crippen LogP contribution in [0.25, 0.3) is 31.3 Å². The van der Waals surface area contributed by atoms with Gasteiger partial charge in [0, 0.05) is 33.8 Å². The summed E-state index contributed by atoms with van der Waals surface area (Å²) in [5, 5.41) is 29.0. The van der Waals surface area contributed by atoms with Crippen molar-refractivity contribution in [1.29, 1.82) is 0 Å². The summed E-state index contributed by atoms with van der Waals surface area (Å²) in [6.07, 6.45) is 0.713. The average Bonchev–Trinajstić information content (AvgIpc) is 2.70. The second kappa shape index (κ2) is 11.4. The second-order valence-electron chi connectivity index (χ2n) is 5.55. The molecule has 1 unspecified atom stereocenters. The Hall–Kier alpha value is -3.41. The van der Waals surface area contributed by atoms with Crippen LogP contribution in [0.1, 0.15) is 12.5 Å². The first-order valence-corrected chi connectivity index (χ1v) is 8.60. The third-order valence-corrected chi connectivity index (χ3v) is 4.24. The van der Waals surface area contributed by atoms with E-state index in [-0.39, 0.29) is 16.6 Å². The third-order valence-electron chi connectivity index (χ3n) is 3.60. The van der Waals surface area contributed by atoms with Crippen molar-refractivity contribution in [3.63, 3.8) is 0 Å². The normalized spacial score (nSPS) is 13.0. The number of hydrogen-bond donors (Lipinski definition) is 2. The molecule has 0 bridgehead atoms. The molecule has 0 aliphatic heterocycles. The molecule has 1 aromatic heterocycles. The van der Waals surface area contributed by atoms with E-state index in [1.807, 2.05) is 0 Å². The van der Waals surface area contributed by atoms with Gasteiger partial charge in [0.25, 0.3) is 5.56 Å². The number of esters is 1. The molecule has 0 saturated heterocycles. The molecule has 16 heteroatoms. The van der Waals surface area contributed by atoms with E-state index in [4.69, 9.17) is 21.3 Å². The topological polar surface area (TPSA) is 235 Å². The Morgan fingerprint density at radius 3 is 2.17 bits per heavy atom. The predicted octanol–water partition coefficient (Wildman–Crippen LogP) is 2.45. The summed E-state index contributed by atoms with van der Waals surface area (Å²) in [4.78, 5) is 32.7. The summed E-state index contributed by atoms with van der Waals surface area (Å²) in [5.74, 6) is -1.42. The van der Waals surface area contributed by atoms with Crippen molar-refractivity contribution < 1.29 is 19.7 Å². The van der Waals surface area contributed by atoms with E-state index in [9.17, 15) is 19.8 Å². The zero-order chi connectivity index (χ0) is 21.9. The Kier molecular flexibility index (Phi) is 9.32. The number of carbonyl (C=O) groups is 1. The molecule has 1 heterocycles. The van der Waals surface area contributed by atoms with Crippen molar-refractivity contribution in [2.75, 3.05) is 26.2 Å². The van der Waals surface area contributed by atoms with Crippen LogP contribution in [0.5, 0.6) is 5.75 Å². The SMILES string of the molecule is [N-]=[N+]=NCC(CN=[N+]=[N-])(CN=[N+]=[N-])OC(=O)C(CCO)n1cc(O)c(Br)cc1=O. The van der Waals surface area contributed by atoms with Gasteiger partial charge < -0.3 is 14.9 Å². The number of nitrogens with zero attached hydrogens (tertiary/aromatic N) is 10. The van der Waals surface area contributed by atoms with E-state index in [0.717, 1.165) is 16.8 Å². The highest BCUT2D eigenvalue weighted by atomic mass is 79.9. The van der Waals surface area contributed by atoms with Crippen LogP contribution in [0.15, 0.2) is 36.9 Å². The number of hydrogen-bond acceptors (Lipinski definition) is 8. The van der Waals surface area contributed by atoms with Crippen LogP contribution in [0.2, 0.25) is 0 Å². The number of halogens is 1. The summed E-state index contributed by atoms with van der Waals surface area (Å²) in [5.41, 5.74) is 23.2. The minimum absolute atomic E-state index is 0.0966. The first-order valence-electron chi connectivity index (χ1n) is 7.81. The number of carbonyl (C=O) groups excluding carboxylic acids is 1. The fourth-order valence-corrected chi connectivity index (χ4v) is 2.56. The quantitative estimate of drug-likeness (QED) is 0.213. The first kappa shape index (κ1) is 23.6. The molecule has 1 aromatic rings. The Bertz CT molecular complexity index is 895. The number of aromatic hydroxyl groups is 1. The highest BCUT2D eigenvalue weighted by Crippen LogP contribution is 2.25. The molecule has 0 aromatic carbocycles. The van der Waals surface area contributed by atoms with E-state index in [1.54, 1.807) is 0 Å². The lowest BCUT2D eigenvalue weighted by molar-refractivity contribution is -0.162. The van der Waals surface area contributed by atoms with E-state index < -0.39 is 49.4 Å². The van der Waals surface area contributed by atoms with E-state index in [1.165, 1.54) is 0 Å². The van der Waals surface area contributed by atoms with Gasteiger partial charge in [0.2, 0.25) is 0 Å². The van der Waals surface area contributed by atoms with Crippen LogP contribution < -0.4 is 5.56 Å². The third kappa shape index (κ3) is 6.60. The van der Waals surface area contributed by atoms with Crippen LogP contribution in [-0.4, -0.2) is 52.6 Å². The van der Waals surface area contributed by atoms with Gasteiger partial charge in [-0.15, -0.1) is 0 Å². The lowest BCUT2D eigenvalue weighted by atomic mass is 10.0. The monoisotopic (exact) mass is 470 g/mol. The van der Waals surface area contributed by atoms with Gasteiger partial charge in [-0.25, -0.2) is 4.79 Å². The summed E-state index contributed by atoms with van der Waals surface area (Å²) < 4.78 is 6.28. The molecule has 0 aliphatic carbocycles.